The van der Waals surface area contributed by atoms with Gasteiger partial charge in [-0.3, -0.25) is 9.69 Å². The first kappa shape index (κ1) is 13.3. The number of likely N-dealkylation sites (N-methyl/N-ethyl adjacent to an activating group) is 1. The van der Waals surface area contributed by atoms with E-state index in [4.69, 9.17) is 4.74 Å². The smallest absolute Gasteiger partial charge is 0.269 e. The van der Waals surface area contributed by atoms with Gasteiger partial charge in [0.25, 0.3) is 5.91 Å². The molecule has 1 amide bonds. The molecule has 0 radical (unpaired) electrons. The summed E-state index contributed by atoms with van der Waals surface area (Å²) in [4.78, 5) is 20.5. The van der Waals surface area contributed by atoms with Gasteiger partial charge in [-0.25, -0.2) is 4.98 Å². The Hall–Kier alpha value is -1.66. The second kappa shape index (κ2) is 5.38. The van der Waals surface area contributed by atoms with Crippen molar-refractivity contribution in [3.05, 3.63) is 24.0 Å². The average Bonchev–Trinajstić information content (AvgIpc) is 2.97. The minimum absolute atomic E-state index is 0.156. The van der Waals surface area contributed by atoms with Crippen LogP contribution < -0.4 is 10.2 Å². The molecule has 0 spiro atoms. The third-order valence-electron chi connectivity index (χ3n) is 4.22. The van der Waals surface area contributed by atoms with Gasteiger partial charge in [-0.05, 0) is 19.2 Å². The van der Waals surface area contributed by atoms with E-state index < -0.39 is 0 Å². The van der Waals surface area contributed by atoms with Gasteiger partial charge in [0.05, 0.1) is 37.2 Å². The summed E-state index contributed by atoms with van der Waals surface area (Å²) in [5.41, 5.74) is 1.51. The van der Waals surface area contributed by atoms with Gasteiger partial charge in [0.1, 0.15) is 5.69 Å². The van der Waals surface area contributed by atoms with Crippen LogP contribution >= 0.6 is 0 Å². The van der Waals surface area contributed by atoms with Crippen molar-refractivity contribution in [3.8, 4) is 0 Å². The molecule has 1 N–H and O–H groups in total. The fourth-order valence-electron chi connectivity index (χ4n) is 2.99. The molecule has 3 rings (SSSR count). The largest absolute Gasteiger partial charge is 0.378 e. The molecule has 2 saturated heterocycles. The molecule has 108 valence electrons. The third-order valence-corrected chi connectivity index (χ3v) is 4.22. The Labute approximate surface area is 118 Å². The van der Waals surface area contributed by atoms with Crippen molar-refractivity contribution < 1.29 is 9.53 Å². The number of rotatable bonds is 2. The zero-order chi connectivity index (χ0) is 14.1. The topological polar surface area (TPSA) is 57.7 Å². The van der Waals surface area contributed by atoms with Crippen LogP contribution in [-0.4, -0.2) is 68.3 Å². The van der Waals surface area contributed by atoms with E-state index in [1.54, 1.807) is 19.3 Å². The first-order chi connectivity index (χ1) is 9.70. The summed E-state index contributed by atoms with van der Waals surface area (Å²) in [6.07, 6.45) is 1.78. The van der Waals surface area contributed by atoms with E-state index in [9.17, 15) is 4.79 Å². The summed E-state index contributed by atoms with van der Waals surface area (Å²) >= 11 is 0. The Morgan fingerprint density at radius 1 is 1.35 bits per heavy atom. The van der Waals surface area contributed by atoms with Crippen molar-refractivity contribution in [2.45, 2.75) is 12.1 Å². The molecule has 2 aliphatic heterocycles. The summed E-state index contributed by atoms with van der Waals surface area (Å²) in [5, 5.41) is 2.58. The first-order valence-corrected chi connectivity index (χ1v) is 6.93. The van der Waals surface area contributed by atoms with Crippen LogP contribution in [0.4, 0.5) is 5.69 Å². The van der Waals surface area contributed by atoms with Gasteiger partial charge in [0, 0.05) is 20.1 Å². The van der Waals surface area contributed by atoms with Crippen LogP contribution in [0.3, 0.4) is 0 Å². The van der Waals surface area contributed by atoms with Crippen molar-refractivity contribution in [1.82, 2.24) is 15.2 Å². The van der Waals surface area contributed by atoms with E-state index in [0.717, 1.165) is 32.0 Å². The number of piperazine rings is 1. The standard InChI is InChI=1S/C14H20N4O2/c1-15-14(19)11-4-3-10(7-16-11)18-6-5-17(2)12-8-20-9-13(12)18/h3-4,7,12-13H,5-6,8-9H2,1-2H3,(H,15,19). The lowest BCUT2D eigenvalue weighted by Crippen LogP contribution is -2.58. The van der Waals surface area contributed by atoms with Gasteiger partial charge in [-0.2, -0.15) is 0 Å². The highest BCUT2D eigenvalue weighted by Gasteiger charge is 2.39. The summed E-state index contributed by atoms with van der Waals surface area (Å²) in [6.45, 7) is 3.53. The lowest BCUT2D eigenvalue weighted by molar-refractivity contribution is 0.0958. The number of ether oxygens (including phenoxy) is 1. The molecule has 0 bridgehead atoms. The number of pyridine rings is 1. The second-order valence-electron chi connectivity index (χ2n) is 5.33. The lowest BCUT2D eigenvalue weighted by atomic mass is 10.0. The van der Waals surface area contributed by atoms with E-state index >= 15 is 0 Å². The minimum atomic E-state index is -0.156. The zero-order valence-electron chi connectivity index (χ0n) is 11.9. The van der Waals surface area contributed by atoms with Crippen LogP contribution in [0.15, 0.2) is 18.3 Å². The van der Waals surface area contributed by atoms with Crippen molar-refractivity contribution in [3.63, 3.8) is 0 Å². The Kier molecular flexibility index (Phi) is 3.58. The Morgan fingerprint density at radius 2 is 2.15 bits per heavy atom. The number of hydrogen-bond donors (Lipinski definition) is 1. The molecular weight excluding hydrogens is 256 g/mol. The second-order valence-corrected chi connectivity index (χ2v) is 5.33. The fourth-order valence-corrected chi connectivity index (χ4v) is 2.99. The Balaban J connectivity index is 1.80. The van der Waals surface area contributed by atoms with Gasteiger partial charge >= 0.3 is 0 Å². The molecule has 1 aromatic heterocycles. The quantitative estimate of drug-likeness (QED) is 0.821. The number of nitrogens with zero attached hydrogens (tertiary/aromatic N) is 3. The molecule has 0 aromatic carbocycles. The molecule has 6 heteroatoms. The number of amides is 1. The third kappa shape index (κ3) is 2.25. The summed E-state index contributed by atoms with van der Waals surface area (Å²) in [6, 6.07) is 4.57. The molecule has 1 aromatic rings. The molecule has 2 fully saturated rings. The van der Waals surface area contributed by atoms with Crippen molar-refractivity contribution >= 4 is 11.6 Å². The maximum absolute atomic E-state index is 11.5. The highest BCUT2D eigenvalue weighted by Crippen LogP contribution is 2.27. The van der Waals surface area contributed by atoms with Crippen LogP contribution in [0.2, 0.25) is 0 Å². The fraction of sp³-hybridized carbons (Fsp3) is 0.571. The maximum Gasteiger partial charge on any atom is 0.269 e. The number of anilines is 1. The molecule has 0 saturated carbocycles. The van der Waals surface area contributed by atoms with Crippen molar-refractivity contribution in [1.29, 1.82) is 0 Å². The number of carbonyl (C=O) groups is 1. The first-order valence-electron chi connectivity index (χ1n) is 6.93. The number of fused-ring (bicyclic) bond motifs is 1. The Morgan fingerprint density at radius 3 is 2.85 bits per heavy atom. The van der Waals surface area contributed by atoms with E-state index in [-0.39, 0.29) is 5.91 Å². The summed E-state index contributed by atoms with van der Waals surface area (Å²) in [5.74, 6) is -0.156. The van der Waals surface area contributed by atoms with Crippen LogP contribution in [0.1, 0.15) is 10.5 Å². The molecule has 2 unspecified atom stereocenters. The highest BCUT2D eigenvalue weighted by molar-refractivity contribution is 5.92. The van der Waals surface area contributed by atoms with Gasteiger partial charge in [-0.1, -0.05) is 0 Å². The highest BCUT2D eigenvalue weighted by atomic mass is 16.5. The van der Waals surface area contributed by atoms with Crippen LogP contribution in [0.25, 0.3) is 0 Å². The number of carbonyl (C=O) groups excluding carboxylic acids is 1. The van der Waals surface area contributed by atoms with Crippen molar-refractivity contribution in [2.75, 3.05) is 45.3 Å². The number of hydrogen-bond acceptors (Lipinski definition) is 5. The maximum atomic E-state index is 11.5. The van der Waals surface area contributed by atoms with Crippen LogP contribution in [-0.2, 0) is 4.74 Å². The Bertz CT molecular complexity index is 490. The summed E-state index contributed by atoms with van der Waals surface area (Å²) < 4.78 is 5.63. The lowest BCUT2D eigenvalue weighted by Gasteiger charge is -2.43. The van der Waals surface area contributed by atoms with Crippen LogP contribution in [0.5, 0.6) is 0 Å². The van der Waals surface area contributed by atoms with E-state index in [2.05, 4.69) is 27.1 Å². The van der Waals surface area contributed by atoms with Crippen molar-refractivity contribution in [2.24, 2.45) is 0 Å². The molecular formula is C14H20N4O2. The zero-order valence-corrected chi connectivity index (χ0v) is 11.9. The predicted molar refractivity (Wildman–Crippen MR) is 76.0 cm³/mol. The summed E-state index contributed by atoms with van der Waals surface area (Å²) in [7, 11) is 3.76. The monoisotopic (exact) mass is 276 g/mol. The predicted octanol–water partition coefficient (Wildman–Crippen LogP) is -0.0396. The average molecular weight is 276 g/mol. The molecule has 6 nitrogen and oxygen atoms in total. The normalized spacial score (nSPS) is 26.4. The van der Waals surface area contributed by atoms with Gasteiger partial charge in [0.2, 0.25) is 0 Å². The van der Waals surface area contributed by atoms with Gasteiger partial charge in [0.15, 0.2) is 0 Å². The number of aromatic nitrogens is 1. The molecule has 2 aliphatic rings. The van der Waals surface area contributed by atoms with E-state index in [1.165, 1.54) is 0 Å². The van der Waals surface area contributed by atoms with Gasteiger partial charge in [-0.15, -0.1) is 0 Å². The molecule has 0 aliphatic carbocycles. The molecule has 20 heavy (non-hydrogen) atoms. The van der Waals surface area contributed by atoms with E-state index in [0.29, 0.717) is 17.8 Å². The molecule has 3 heterocycles. The SMILES string of the molecule is CNC(=O)c1ccc(N2CCN(C)C3COCC32)cn1. The van der Waals surface area contributed by atoms with Gasteiger partial charge < -0.3 is 15.0 Å². The molecule has 2 atom stereocenters. The minimum Gasteiger partial charge on any atom is -0.378 e. The number of nitrogens with one attached hydrogen (secondary N) is 1. The van der Waals surface area contributed by atoms with E-state index in [1.807, 2.05) is 6.07 Å². The van der Waals surface area contributed by atoms with Crippen LogP contribution in [0, 0.1) is 0 Å².